The number of allylic oxidation sites excluding steroid dienone is 1. The van der Waals surface area contributed by atoms with E-state index in [4.69, 9.17) is 9.47 Å². The Hall–Kier alpha value is -3.61. The molecule has 7 heteroatoms. The summed E-state index contributed by atoms with van der Waals surface area (Å²) in [6, 6.07) is 15.3. The van der Waals surface area contributed by atoms with Crippen LogP contribution >= 0.6 is 0 Å². The summed E-state index contributed by atoms with van der Waals surface area (Å²) in [5.74, 6) is 0.818. The highest BCUT2D eigenvalue weighted by Crippen LogP contribution is 2.39. The van der Waals surface area contributed by atoms with Crippen LogP contribution in [0.15, 0.2) is 66.1 Å². The number of fused-ring (bicyclic) bond motifs is 1. The van der Waals surface area contributed by atoms with Gasteiger partial charge in [-0.15, -0.1) is 0 Å². The summed E-state index contributed by atoms with van der Waals surface area (Å²) in [5.41, 5.74) is 4.23. The number of para-hydroxylation sites is 1. The third-order valence-corrected chi connectivity index (χ3v) is 4.93. The fourth-order valence-corrected chi connectivity index (χ4v) is 3.44. The van der Waals surface area contributed by atoms with Crippen molar-refractivity contribution in [2.45, 2.75) is 26.5 Å². The molecule has 7 nitrogen and oxygen atoms in total. The molecule has 0 fully saturated rings. The maximum absolute atomic E-state index is 12.6. The van der Waals surface area contributed by atoms with Crippen molar-refractivity contribution in [1.29, 1.82) is 0 Å². The van der Waals surface area contributed by atoms with Crippen LogP contribution in [-0.4, -0.2) is 27.8 Å². The van der Waals surface area contributed by atoms with E-state index < -0.39 is 12.0 Å². The van der Waals surface area contributed by atoms with Crippen molar-refractivity contribution in [1.82, 2.24) is 14.8 Å². The molecule has 1 aromatic heterocycles. The number of hydrogen-bond acceptors (Lipinski definition) is 6. The summed E-state index contributed by atoms with van der Waals surface area (Å²) in [7, 11) is 1.37. The van der Waals surface area contributed by atoms with Gasteiger partial charge in [0.15, 0.2) is 0 Å². The SMILES string of the molecule is COC(=O)C1=C(C)Nc2ncnn2C1c1ccccc1OCc1ccc(C)cc1. The van der Waals surface area contributed by atoms with E-state index in [0.717, 1.165) is 11.1 Å². The van der Waals surface area contributed by atoms with Crippen LogP contribution in [0.3, 0.4) is 0 Å². The van der Waals surface area contributed by atoms with Gasteiger partial charge in [0, 0.05) is 11.3 Å². The average Bonchev–Trinajstić information content (AvgIpc) is 3.20. The molecular weight excluding hydrogens is 368 g/mol. The Morgan fingerprint density at radius 2 is 1.90 bits per heavy atom. The standard InChI is InChI=1S/C22H22N4O3/c1-14-8-10-16(11-9-14)12-29-18-7-5-4-6-17(18)20-19(21(27)28-3)15(2)25-22-23-13-24-26(20)22/h4-11,13,20H,12H2,1-3H3,(H,23,24,25). The molecule has 148 valence electrons. The van der Waals surface area contributed by atoms with E-state index in [1.807, 2.05) is 43.3 Å². The van der Waals surface area contributed by atoms with E-state index in [0.29, 0.717) is 29.6 Å². The molecule has 1 aliphatic rings. The molecule has 0 aliphatic carbocycles. The Balaban J connectivity index is 1.73. The average molecular weight is 390 g/mol. The minimum Gasteiger partial charge on any atom is -0.489 e. The van der Waals surface area contributed by atoms with Crippen molar-refractivity contribution in [2.24, 2.45) is 0 Å². The van der Waals surface area contributed by atoms with Gasteiger partial charge in [-0.3, -0.25) is 0 Å². The molecule has 0 spiro atoms. The number of benzene rings is 2. The van der Waals surface area contributed by atoms with E-state index in [9.17, 15) is 4.79 Å². The molecule has 3 aromatic rings. The van der Waals surface area contributed by atoms with Gasteiger partial charge in [0.25, 0.3) is 0 Å². The number of carbonyl (C=O) groups excluding carboxylic acids is 1. The van der Waals surface area contributed by atoms with Crippen LogP contribution in [0.4, 0.5) is 5.95 Å². The molecule has 1 atom stereocenters. The van der Waals surface area contributed by atoms with Gasteiger partial charge < -0.3 is 14.8 Å². The lowest BCUT2D eigenvalue weighted by atomic mass is 9.95. The van der Waals surface area contributed by atoms with Crippen molar-refractivity contribution in [3.8, 4) is 5.75 Å². The number of esters is 1. The largest absolute Gasteiger partial charge is 0.489 e. The molecule has 29 heavy (non-hydrogen) atoms. The van der Waals surface area contributed by atoms with Crippen molar-refractivity contribution in [3.05, 3.63) is 82.8 Å². The minimum atomic E-state index is -0.504. The van der Waals surface area contributed by atoms with Crippen LogP contribution in [-0.2, 0) is 16.1 Å². The number of rotatable bonds is 5. The van der Waals surface area contributed by atoms with Gasteiger partial charge >= 0.3 is 5.97 Å². The number of carbonyl (C=O) groups is 1. The highest BCUT2D eigenvalue weighted by Gasteiger charge is 2.35. The van der Waals surface area contributed by atoms with Crippen molar-refractivity contribution in [3.63, 3.8) is 0 Å². The fourth-order valence-electron chi connectivity index (χ4n) is 3.44. The summed E-state index contributed by atoms with van der Waals surface area (Å²) in [6.45, 7) is 4.30. The first kappa shape index (κ1) is 18.7. The van der Waals surface area contributed by atoms with Gasteiger partial charge in [-0.25, -0.2) is 9.48 Å². The maximum atomic E-state index is 12.6. The zero-order valence-electron chi connectivity index (χ0n) is 16.5. The van der Waals surface area contributed by atoms with Crippen LogP contribution in [0.5, 0.6) is 5.75 Å². The summed E-state index contributed by atoms with van der Waals surface area (Å²) in [6.07, 6.45) is 1.46. The van der Waals surface area contributed by atoms with Crippen LogP contribution in [0, 0.1) is 6.92 Å². The highest BCUT2D eigenvalue weighted by molar-refractivity contribution is 5.92. The minimum absolute atomic E-state index is 0.419. The Morgan fingerprint density at radius 3 is 2.66 bits per heavy atom. The number of ether oxygens (including phenoxy) is 2. The highest BCUT2D eigenvalue weighted by atomic mass is 16.5. The maximum Gasteiger partial charge on any atom is 0.338 e. The van der Waals surface area contributed by atoms with E-state index in [-0.39, 0.29) is 0 Å². The lowest BCUT2D eigenvalue weighted by molar-refractivity contribution is -0.136. The van der Waals surface area contributed by atoms with E-state index in [1.54, 1.807) is 4.68 Å². The molecule has 2 aromatic carbocycles. The third kappa shape index (κ3) is 3.59. The second-order valence-corrected chi connectivity index (χ2v) is 6.90. The molecule has 0 amide bonds. The molecule has 0 saturated heterocycles. The number of nitrogens with zero attached hydrogens (tertiary/aromatic N) is 3. The first-order valence-corrected chi connectivity index (χ1v) is 9.31. The molecule has 4 rings (SSSR count). The Bertz CT molecular complexity index is 1070. The van der Waals surface area contributed by atoms with Crippen molar-refractivity contribution >= 4 is 11.9 Å². The third-order valence-electron chi connectivity index (χ3n) is 4.93. The van der Waals surface area contributed by atoms with Gasteiger partial charge in [0.2, 0.25) is 5.95 Å². The number of aryl methyl sites for hydroxylation is 1. The number of nitrogens with one attached hydrogen (secondary N) is 1. The number of anilines is 1. The molecule has 2 heterocycles. The summed E-state index contributed by atoms with van der Waals surface area (Å²) in [4.78, 5) is 16.8. The summed E-state index contributed by atoms with van der Waals surface area (Å²) >= 11 is 0. The molecule has 1 unspecified atom stereocenters. The molecule has 0 saturated carbocycles. The quantitative estimate of drug-likeness (QED) is 0.671. The number of aromatic nitrogens is 3. The van der Waals surface area contributed by atoms with Crippen LogP contribution in [0.2, 0.25) is 0 Å². The zero-order chi connectivity index (χ0) is 20.4. The smallest absolute Gasteiger partial charge is 0.338 e. The van der Waals surface area contributed by atoms with Crippen LogP contribution in [0.1, 0.15) is 29.7 Å². The summed E-state index contributed by atoms with van der Waals surface area (Å²) in [5, 5.41) is 7.45. The van der Waals surface area contributed by atoms with Crippen LogP contribution in [0.25, 0.3) is 0 Å². The van der Waals surface area contributed by atoms with E-state index >= 15 is 0 Å². The molecule has 1 aliphatic heterocycles. The lowest BCUT2D eigenvalue weighted by Crippen LogP contribution is -2.29. The number of methoxy groups -OCH3 is 1. The van der Waals surface area contributed by atoms with Gasteiger partial charge in [-0.2, -0.15) is 10.1 Å². The molecule has 1 N–H and O–H groups in total. The van der Waals surface area contributed by atoms with Gasteiger partial charge in [0.1, 0.15) is 24.7 Å². The van der Waals surface area contributed by atoms with Gasteiger partial charge in [-0.1, -0.05) is 48.0 Å². The first-order valence-electron chi connectivity index (χ1n) is 9.31. The van der Waals surface area contributed by atoms with Crippen molar-refractivity contribution < 1.29 is 14.3 Å². The lowest BCUT2D eigenvalue weighted by Gasteiger charge is -2.29. The number of hydrogen-bond donors (Lipinski definition) is 1. The molecule has 0 bridgehead atoms. The Morgan fingerprint density at radius 1 is 1.14 bits per heavy atom. The summed E-state index contributed by atoms with van der Waals surface area (Å²) < 4.78 is 12.9. The Labute approximate surface area is 169 Å². The Kier molecular flexibility index (Phi) is 5.03. The van der Waals surface area contributed by atoms with Gasteiger partial charge in [-0.05, 0) is 25.5 Å². The molecular formula is C22H22N4O3. The monoisotopic (exact) mass is 390 g/mol. The molecule has 0 radical (unpaired) electrons. The fraction of sp³-hybridized carbons (Fsp3) is 0.227. The predicted molar refractivity (Wildman–Crippen MR) is 108 cm³/mol. The van der Waals surface area contributed by atoms with Crippen molar-refractivity contribution in [2.75, 3.05) is 12.4 Å². The van der Waals surface area contributed by atoms with Gasteiger partial charge in [0.05, 0.1) is 12.7 Å². The van der Waals surface area contributed by atoms with Crippen LogP contribution < -0.4 is 10.1 Å². The normalized spacial score (nSPS) is 15.5. The van der Waals surface area contributed by atoms with E-state index in [2.05, 4.69) is 34.5 Å². The first-order chi connectivity index (χ1) is 14.1. The zero-order valence-corrected chi connectivity index (χ0v) is 16.5. The second kappa shape index (κ2) is 7.79. The second-order valence-electron chi connectivity index (χ2n) is 6.90. The van der Waals surface area contributed by atoms with E-state index in [1.165, 1.54) is 19.0 Å². The topological polar surface area (TPSA) is 78.3 Å². The predicted octanol–water partition coefficient (Wildman–Crippen LogP) is 3.63.